The van der Waals surface area contributed by atoms with E-state index in [1.807, 2.05) is 12.1 Å². The number of aryl methyl sites for hydroxylation is 2. The molecule has 164 valence electrons. The summed E-state index contributed by atoms with van der Waals surface area (Å²) in [5.74, 6) is 0.859. The van der Waals surface area contributed by atoms with Crippen LogP contribution in [0, 0.1) is 0 Å². The van der Waals surface area contributed by atoms with Crippen LogP contribution in [0.3, 0.4) is 0 Å². The Balaban J connectivity index is 1.33. The Bertz CT molecular complexity index is 1110. The first-order valence-electron chi connectivity index (χ1n) is 9.90. The summed E-state index contributed by atoms with van der Waals surface area (Å²) >= 11 is 4.85. The Hall–Kier alpha value is -2.01. The van der Waals surface area contributed by atoms with E-state index in [1.54, 1.807) is 30.6 Å². The molecule has 3 heterocycles. The average molecular weight is 523 g/mol. The van der Waals surface area contributed by atoms with Gasteiger partial charge in [0, 0.05) is 37.8 Å². The third kappa shape index (κ3) is 5.25. The van der Waals surface area contributed by atoms with Gasteiger partial charge < -0.3 is 9.64 Å². The highest BCUT2D eigenvalue weighted by molar-refractivity contribution is 9.10. The zero-order valence-corrected chi connectivity index (χ0v) is 20.3. The number of hydrogen-bond acceptors (Lipinski definition) is 7. The zero-order chi connectivity index (χ0) is 21.8. The number of sulfonamides is 1. The molecule has 7 nitrogen and oxygen atoms in total. The molecule has 1 aliphatic rings. The Kier molecular flexibility index (Phi) is 6.90. The predicted octanol–water partition coefficient (Wildman–Crippen LogP) is 3.61. The molecule has 0 amide bonds. The van der Waals surface area contributed by atoms with Crippen LogP contribution < -0.4 is 9.64 Å². The molecule has 1 fully saturated rings. The summed E-state index contributed by atoms with van der Waals surface area (Å²) in [5, 5.41) is 3.04. The summed E-state index contributed by atoms with van der Waals surface area (Å²) < 4.78 is 33.0. The van der Waals surface area contributed by atoms with Crippen LogP contribution in [0.2, 0.25) is 0 Å². The second-order valence-electron chi connectivity index (χ2n) is 7.18. The Morgan fingerprint density at radius 2 is 1.81 bits per heavy atom. The zero-order valence-electron chi connectivity index (χ0n) is 17.1. The van der Waals surface area contributed by atoms with Gasteiger partial charge in [-0.2, -0.15) is 4.31 Å². The highest BCUT2D eigenvalue weighted by Crippen LogP contribution is 2.25. The SMILES string of the molecule is COc1ccc(CCc2csc(N3CCN(S(=O)(=O)c4ccc(Br)nc4)CC3)n2)cc1. The largest absolute Gasteiger partial charge is 0.497 e. The van der Waals surface area contributed by atoms with Gasteiger partial charge in [0.2, 0.25) is 10.0 Å². The van der Waals surface area contributed by atoms with Crippen LogP contribution in [0.5, 0.6) is 5.75 Å². The summed E-state index contributed by atoms with van der Waals surface area (Å²) in [6.07, 6.45) is 3.18. The summed E-state index contributed by atoms with van der Waals surface area (Å²) in [5.41, 5.74) is 2.31. The van der Waals surface area contributed by atoms with Crippen LogP contribution in [0.4, 0.5) is 5.13 Å². The molecule has 0 saturated carbocycles. The molecule has 10 heteroatoms. The van der Waals surface area contributed by atoms with Gasteiger partial charge in [-0.1, -0.05) is 12.1 Å². The number of aromatic nitrogens is 2. The van der Waals surface area contributed by atoms with Crippen molar-refractivity contribution >= 4 is 42.4 Å². The lowest BCUT2D eigenvalue weighted by Gasteiger charge is -2.33. The molecule has 3 aromatic rings. The maximum absolute atomic E-state index is 12.8. The smallest absolute Gasteiger partial charge is 0.244 e. The first-order chi connectivity index (χ1) is 15.0. The standard InChI is InChI=1S/C21H23BrN4O3S2/c1-29-18-6-3-16(4-7-18)2-5-17-15-30-21(24-17)25-10-12-26(13-11-25)31(27,28)19-8-9-20(22)23-14-19/h3-4,6-9,14-15H,2,5,10-13H2,1H3. The fourth-order valence-electron chi connectivity index (χ4n) is 3.40. The minimum Gasteiger partial charge on any atom is -0.497 e. The molecule has 1 saturated heterocycles. The number of pyridine rings is 1. The van der Waals surface area contributed by atoms with E-state index in [2.05, 4.69) is 43.3 Å². The van der Waals surface area contributed by atoms with E-state index < -0.39 is 10.0 Å². The summed E-state index contributed by atoms with van der Waals surface area (Å²) in [7, 11) is -1.86. The van der Waals surface area contributed by atoms with Gasteiger partial charge >= 0.3 is 0 Å². The van der Waals surface area contributed by atoms with Gasteiger partial charge in [-0.3, -0.25) is 0 Å². The third-order valence-electron chi connectivity index (χ3n) is 5.22. The van der Waals surface area contributed by atoms with E-state index >= 15 is 0 Å². The van der Waals surface area contributed by atoms with Gasteiger partial charge in [-0.25, -0.2) is 18.4 Å². The molecule has 0 spiro atoms. The van der Waals surface area contributed by atoms with E-state index in [9.17, 15) is 8.42 Å². The Labute approximate surface area is 194 Å². The number of hydrogen-bond donors (Lipinski definition) is 0. The molecular formula is C21H23BrN4O3S2. The van der Waals surface area contributed by atoms with Gasteiger partial charge in [0.05, 0.1) is 12.8 Å². The van der Waals surface area contributed by atoms with Crippen molar-refractivity contribution in [3.05, 3.63) is 63.8 Å². The quantitative estimate of drug-likeness (QED) is 0.441. The molecule has 0 radical (unpaired) electrons. The van der Waals surface area contributed by atoms with Crippen molar-refractivity contribution in [2.75, 3.05) is 38.2 Å². The van der Waals surface area contributed by atoms with Crippen LogP contribution in [-0.2, 0) is 22.9 Å². The molecule has 31 heavy (non-hydrogen) atoms. The number of methoxy groups -OCH3 is 1. The highest BCUT2D eigenvalue weighted by atomic mass is 79.9. The number of rotatable bonds is 7. The van der Waals surface area contributed by atoms with Gasteiger partial charge in [0.1, 0.15) is 15.2 Å². The number of thiazole rings is 1. The molecular weight excluding hydrogens is 500 g/mol. The Morgan fingerprint density at radius 3 is 2.45 bits per heavy atom. The minimum absolute atomic E-state index is 0.221. The average Bonchev–Trinajstić information content (AvgIpc) is 3.27. The monoisotopic (exact) mass is 522 g/mol. The van der Waals surface area contributed by atoms with E-state index in [-0.39, 0.29) is 4.90 Å². The van der Waals surface area contributed by atoms with Crippen LogP contribution in [0.15, 0.2) is 57.5 Å². The van der Waals surface area contributed by atoms with Crippen molar-refractivity contribution in [3.8, 4) is 5.75 Å². The topological polar surface area (TPSA) is 75.6 Å². The number of anilines is 1. The lowest BCUT2D eigenvalue weighted by Crippen LogP contribution is -2.48. The molecule has 0 aliphatic carbocycles. The second-order valence-corrected chi connectivity index (χ2v) is 10.8. The number of piperazine rings is 1. The maximum atomic E-state index is 12.8. The number of halogens is 1. The third-order valence-corrected chi connectivity index (χ3v) is 8.52. The Morgan fingerprint density at radius 1 is 1.06 bits per heavy atom. The molecule has 1 aromatic carbocycles. The van der Waals surface area contributed by atoms with Crippen molar-refractivity contribution in [2.45, 2.75) is 17.7 Å². The summed E-state index contributed by atoms with van der Waals surface area (Å²) in [6.45, 7) is 2.10. The van der Waals surface area contributed by atoms with E-state index in [0.717, 1.165) is 29.4 Å². The van der Waals surface area contributed by atoms with Crippen molar-refractivity contribution in [3.63, 3.8) is 0 Å². The van der Waals surface area contributed by atoms with Crippen LogP contribution in [0.25, 0.3) is 0 Å². The first-order valence-corrected chi connectivity index (χ1v) is 13.0. The predicted molar refractivity (Wildman–Crippen MR) is 125 cm³/mol. The summed E-state index contributed by atoms with van der Waals surface area (Å²) in [6, 6.07) is 11.3. The molecule has 2 aromatic heterocycles. The van der Waals surface area contributed by atoms with E-state index in [0.29, 0.717) is 30.8 Å². The van der Waals surface area contributed by atoms with Crippen molar-refractivity contribution in [1.29, 1.82) is 0 Å². The fraction of sp³-hybridized carbons (Fsp3) is 0.333. The van der Waals surface area contributed by atoms with Gasteiger partial charge in [0.15, 0.2) is 5.13 Å². The highest BCUT2D eigenvalue weighted by Gasteiger charge is 2.29. The maximum Gasteiger partial charge on any atom is 0.244 e. The second kappa shape index (κ2) is 9.64. The minimum atomic E-state index is -3.53. The molecule has 4 rings (SSSR count). The van der Waals surface area contributed by atoms with Gasteiger partial charge in [-0.05, 0) is 58.6 Å². The van der Waals surface area contributed by atoms with E-state index in [4.69, 9.17) is 9.72 Å². The number of ether oxygens (including phenoxy) is 1. The number of benzene rings is 1. The first kappa shape index (κ1) is 22.2. The summed E-state index contributed by atoms with van der Waals surface area (Å²) in [4.78, 5) is 11.2. The molecule has 1 aliphatic heterocycles. The normalized spacial score (nSPS) is 15.2. The molecule has 0 atom stereocenters. The van der Waals surface area contributed by atoms with E-state index in [1.165, 1.54) is 16.1 Å². The van der Waals surface area contributed by atoms with Crippen molar-refractivity contribution in [1.82, 2.24) is 14.3 Å². The van der Waals surface area contributed by atoms with Crippen molar-refractivity contribution < 1.29 is 13.2 Å². The van der Waals surface area contributed by atoms with Gasteiger partial charge in [-0.15, -0.1) is 11.3 Å². The van der Waals surface area contributed by atoms with Crippen LogP contribution >= 0.6 is 27.3 Å². The van der Waals surface area contributed by atoms with Crippen LogP contribution in [0.1, 0.15) is 11.3 Å². The number of nitrogens with zero attached hydrogens (tertiary/aromatic N) is 4. The molecule has 0 unspecified atom stereocenters. The van der Waals surface area contributed by atoms with Gasteiger partial charge in [0.25, 0.3) is 0 Å². The lowest BCUT2D eigenvalue weighted by atomic mass is 10.1. The molecule has 0 N–H and O–H groups in total. The lowest BCUT2D eigenvalue weighted by molar-refractivity contribution is 0.384. The molecule has 0 bridgehead atoms. The fourth-order valence-corrected chi connectivity index (χ4v) is 5.92. The van der Waals surface area contributed by atoms with Crippen molar-refractivity contribution in [2.24, 2.45) is 0 Å². The van der Waals surface area contributed by atoms with Crippen LogP contribution in [-0.4, -0.2) is 56.0 Å².